The Hall–Kier alpha value is -2.82. The molecule has 2 aromatic carbocycles. The van der Waals surface area contributed by atoms with Crippen molar-refractivity contribution in [1.82, 2.24) is 0 Å². The second kappa shape index (κ2) is 8.15. The highest BCUT2D eigenvalue weighted by atomic mass is 16.5. The predicted octanol–water partition coefficient (Wildman–Crippen LogP) is 3.36. The molecule has 2 aromatic rings. The van der Waals surface area contributed by atoms with E-state index in [1.54, 1.807) is 18.2 Å². The Morgan fingerprint density at radius 1 is 1.12 bits per heavy atom. The van der Waals surface area contributed by atoms with E-state index in [0.717, 1.165) is 17.5 Å². The van der Waals surface area contributed by atoms with Crippen molar-refractivity contribution in [1.29, 1.82) is 0 Å². The summed E-state index contributed by atoms with van der Waals surface area (Å²) in [5.41, 5.74) is 3.01. The van der Waals surface area contributed by atoms with Crippen molar-refractivity contribution < 1.29 is 19.1 Å². The number of hydrogen-bond donors (Lipinski definition) is 1. The molecule has 0 aromatic heterocycles. The van der Waals surface area contributed by atoms with Gasteiger partial charge in [-0.2, -0.15) is 0 Å². The molecule has 0 spiro atoms. The number of carbonyl (C=O) groups is 2. The van der Waals surface area contributed by atoms with Gasteiger partial charge in [0.1, 0.15) is 5.75 Å². The fraction of sp³-hybridized carbons (Fsp3) is 0.263. The van der Waals surface area contributed by atoms with Gasteiger partial charge in [0.15, 0.2) is 6.61 Å². The van der Waals surface area contributed by atoms with Crippen LogP contribution in [0.5, 0.6) is 5.75 Å². The van der Waals surface area contributed by atoms with Crippen LogP contribution < -0.4 is 10.1 Å². The van der Waals surface area contributed by atoms with Gasteiger partial charge in [-0.3, -0.25) is 4.79 Å². The minimum atomic E-state index is -0.407. The van der Waals surface area contributed by atoms with Crippen LogP contribution in [0.3, 0.4) is 0 Å². The predicted molar refractivity (Wildman–Crippen MR) is 92.5 cm³/mol. The standard InChI is InChI=1S/C19H21NO4/c1-4-14-6-5-7-16(11-14)24-12-18(21)20-17-9-8-15(10-13(17)2)19(22)23-3/h5-11H,4,12H2,1-3H3,(H,20,21). The van der Waals surface area contributed by atoms with E-state index in [2.05, 4.69) is 17.0 Å². The van der Waals surface area contributed by atoms with Gasteiger partial charge >= 0.3 is 5.97 Å². The van der Waals surface area contributed by atoms with Crippen molar-refractivity contribution in [2.75, 3.05) is 19.0 Å². The summed E-state index contributed by atoms with van der Waals surface area (Å²) in [4.78, 5) is 23.5. The van der Waals surface area contributed by atoms with Gasteiger partial charge in [0.05, 0.1) is 12.7 Å². The number of methoxy groups -OCH3 is 1. The number of rotatable bonds is 6. The highest BCUT2D eigenvalue weighted by Crippen LogP contribution is 2.18. The monoisotopic (exact) mass is 327 g/mol. The van der Waals surface area contributed by atoms with Crippen LogP contribution in [-0.4, -0.2) is 25.6 Å². The molecule has 5 nitrogen and oxygen atoms in total. The normalized spacial score (nSPS) is 10.1. The van der Waals surface area contributed by atoms with E-state index in [1.807, 2.05) is 31.2 Å². The van der Waals surface area contributed by atoms with Crippen LogP contribution in [0.1, 0.15) is 28.4 Å². The highest BCUT2D eigenvalue weighted by Gasteiger charge is 2.10. The van der Waals surface area contributed by atoms with Gasteiger partial charge in [-0.15, -0.1) is 0 Å². The van der Waals surface area contributed by atoms with Crippen molar-refractivity contribution in [3.8, 4) is 5.75 Å². The average molecular weight is 327 g/mol. The van der Waals surface area contributed by atoms with Crippen molar-refractivity contribution >= 4 is 17.6 Å². The van der Waals surface area contributed by atoms with Gasteiger partial charge in [0.2, 0.25) is 0 Å². The van der Waals surface area contributed by atoms with Crippen LogP contribution in [0.4, 0.5) is 5.69 Å². The van der Waals surface area contributed by atoms with Crippen LogP contribution in [0, 0.1) is 6.92 Å². The third-order valence-corrected chi connectivity index (χ3v) is 3.60. The Labute approximate surface area is 141 Å². The molecule has 0 saturated carbocycles. The number of amides is 1. The average Bonchev–Trinajstić information content (AvgIpc) is 2.61. The number of nitrogens with one attached hydrogen (secondary N) is 1. The molecule has 0 unspecified atom stereocenters. The van der Waals surface area contributed by atoms with E-state index in [1.165, 1.54) is 7.11 Å². The summed E-state index contributed by atoms with van der Waals surface area (Å²) in [7, 11) is 1.33. The lowest BCUT2D eigenvalue weighted by molar-refractivity contribution is -0.118. The molecule has 2 rings (SSSR count). The molecule has 126 valence electrons. The van der Waals surface area contributed by atoms with Crippen LogP contribution in [0.15, 0.2) is 42.5 Å². The molecule has 1 amide bonds. The van der Waals surface area contributed by atoms with Crippen LogP contribution >= 0.6 is 0 Å². The summed E-state index contributed by atoms with van der Waals surface area (Å²) in [6.45, 7) is 3.80. The first-order valence-corrected chi connectivity index (χ1v) is 7.74. The Kier molecular flexibility index (Phi) is 5.95. The summed E-state index contributed by atoms with van der Waals surface area (Å²) < 4.78 is 10.2. The van der Waals surface area contributed by atoms with E-state index >= 15 is 0 Å². The molecule has 0 aliphatic carbocycles. The van der Waals surface area contributed by atoms with Gasteiger partial charge in [-0.25, -0.2) is 4.79 Å². The molecular formula is C19H21NO4. The van der Waals surface area contributed by atoms with Crippen molar-refractivity contribution in [3.05, 3.63) is 59.2 Å². The number of aryl methyl sites for hydroxylation is 2. The summed E-state index contributed by atoms with van der Waals surface area (Å²) in [5.74, 6) is 0.00296. The molecule has 0 fully saturated rings. The molecule has 0 radical (unpaired) electrons. The molecule has 24 heavy (non-hydrogen) atoms. The Morgan fingerprint density at radius 2 is 1.92 bits per heavy atom. The van der Waals surface area contributed by atoms with E-state index in [4.69, 9.17) is 4.74 Å². The molecular weight excluding hydrogens is 306 g/mol. The quantitative estimate of drug-likeness (QED) is 0.826. The first kappa shape index (κ1) is 17.5. The smallest absolute Gasteiger partial charge is 0.337 e. The van der Waals surface area contributed by atoms with Crippen LogP contribution in [-0.2, 0) is 16.0 Å². The fourth-order valence-electron chi connectivity index (χ4n) is 2.24. The fourth-order valence-corrected chi connectivity index (χ4v) is 2.24. The zero-order chi connectivity index (χ0) is 17.5. The van der Waals surface area contributed by atoms with Crippen LogP contribution in [0.2, 0.25) is 0 Å². The summed E-state index contributed by atoms with van der Waals surface area (Å²) in [6, 6.07) is 12.6. The van der Waals surface area contributed by atoms with Crippen molar-refractivity contribution in [3.63, 3.8) is 0 Å². The first-order chi connectivity index (χ1) is 11.5. The number of benzene rings is 2. The molecule has 5 heteroatoms. The molecule has 0 atom stereocenters. The Morgan fingerprint density at radius 3 is 2.58 bits per heavy atom. The van der Waals surface area contributed by atoms with E-state index in [0.29, 0.717) is 17.0 Å². The lowest BCUT2D eigenvalue weighted by Crippen LogP contribution is -2.20. The maximum absolute atomic E-state index is 12.0. The molecule has 1 N–H and O–H groups in total. The van der Waals surface area contributed by atoms with Gasteiger partial charge in [-0.05, 0) is 54.8 Å². The second-order valence-corrected chi connectivity index (χ2v) is 5.36. The lowest BCUT2D eigenvalue weighted by Gasteiger charge is -2.11. The third-order valence-electron chi connectivity index (χ3n) is 3.60. The van der Waals surface area contributed by atoms with Crippen molar-refractivity contribution in [2.45, 2.75) is 20.3 Å². The number of esters is 1. The number of carbonyl (C=O) groups excluding carboxylic acids is 2. The van der Waals surface area contributed by atoms with Crippen molar-refractivity contribution in [2.24, 2.45) is 0 Å². The zero-order valence-corrected chi connectivity index (χ0v) is 14.1. The first-order valence-electron chi connectivity index (χ1n) is 7.74. The van der Waals surface area contributed by atoms with Gasteiger partial charge in [0.25, 0.3) is 5.91 Å². The van der Waals surface area contributed by atoms with Crippen LogP contribution in [0.25, 0.3) is 0 Å². The minimum absolute atomic E-state index is 0.0780. The molecule has 0 aliphatic heterocycles. The lowest BCUT2D eigenvalue weighted by atomic mass is 10.1. The largest absolute Gasteiger partial charge is 0.484 e. The molecule has 0 heterocycles. The minimum Gasteiger partial charge on any atom is -0.484 e. The van der Waals surface area contributed by atoms with E-state index in [-0.39, 0.29) is 12.5 Å². The van der Waals surface area contributed by atoms with E-state index in [9.17, 15) is 9.59 Å². The maximum atomic E-state index is 12.0. The summed E-state index contributed by atoms with van der Waals surface area (Å²) in [6.07, 6.45) is 0.912. The second-order valence-electron chi connectivity index (χ2n) is 5.36. The van der Waals surface area contributed by atoms with Gasteiger partial charge in [0, 0.05) is 5.69 Å². The summed E-state index contributed by atoms with van der Waals surface area (Å²) in [5, 5.41) is 2.78. The van der Waals surface area contributed by atoms with Gasteiger partial charge < -0.3 is 14.8 Å². The number of ether oxygens (including phenoxy) is 2. The SMILES string of the molecule is CCc1cccc(OCC(=O)Nc2ccc(C(=O)OC)cc2C)c1. The molecule has 0 aliphatic rings. The molecule has 0 bridgehead atoms. The summed E-state index contributed by atoms with van der Waals surface area (Å²) >= 11 is 0. The van der Waals surface area contributed by atoms with E-state index < -0.39 is 5.97 Å². The third kappa shape index (κ3) is 4.59. The maximum Gasteiger partial charge on any atom is 0.337 e. The highest BCUT2D eigenvalue weighted by molar-refractivity contribution is 5.94. The number of anilines is 1. The molecule has 0 saturated heterocycles. The number of hydrogen-bond acceptors (Lipinski definition) is 4. The Balaban J connectivity index is 1.95. The zero-order valence-electron chi connectivity index (χ0n) is 14.1. The van der Waals surface area contributed by atoms with Gasteiger partial charge in [-0.1, -0.05) is 19.1 Å². The Bertz CT molecular complexity index is 740. The topological polar surface area (TPSA) is 64.6 Å².